The average molecular weight is 1010 g/mol. The summed E-state index contributed by atoms with van der Waals surface area (Å²) in [6, 6.07) is 5.62. The minimum Gasteiger partial charge on any atom is -0.458 e. The molecule has 2 aromatic heterocycles. The zero-order chi connectivity index (χ0) is 52.6. The zero-order valence-electron chi connectivity index (χ0n) is 40.8. The first-order chi connectivity index (χ1) is 34.7. The molecule has 0 bridgehead atoms. The number of pyridine rings is 2. The first-order valence-corrected chi connectivity index (χ1v) is 24.0. The third-order valence-electron chi connectivity index (χ3n) is 13.8. The van der Waals surface area contributed by atoms with Gasteiger partial charge >= 0.3 is 12.1 Å². The van der Waals surface area contributed by atoms with Crippen molar-refractivity contribution in [1.29, 1.82) is 0 Å². The number of nitrogens with two attached hydrogens (primary N) is 1. The number of hydrogen-bond donors (Lipinski definition) is 7. The van der Waals surface area contributed by atoms with E-state index in [1.807, 2.05) is 0 Å². The normalized spacial score (nSPS) is 18.6. The van der Waals surface area contributed by atoms with Gasteiger partial charge in [0, 0.05) is 59.9 Å². The molecule has 0 saturated heterocycles. The molecule has 1 aliphatic carbocycles. The number of alkyl carbamates (subject to hydrolysis) is 1. The van der Waals surface area contributed by atoms with Crippen molar-refractivity contribution in [2.24, 2.45) is 11.7 Å². The van der Waals surface area contributed by atoms with Crippen molar-refractivity contribution in [3.63, 3.8) is 0 Å². The van der Waals surface area contributed by atoms with Gasteiger partial charge in [-0.25, -0.2) is 19.0 Å². The van der Waals surface area contributed by atoms with Crippen molar-refractivity contribution in [3.8, 4) is 11.4 Å². The van der Waals surface area contributed by atoms with E-state index in [-0.39, 0.29) is 69.2 Å². The number of nitrogens with zero attached hydrogens (tertiary/aromatic N) is 3. The van der Waals surface area contributed by atoms with Crippen molar-refractivity contribution in [2.75, 3.05) is 18.4 Å². The van der Waals surface area contributed by atoms with Crippen LogP contribution in [0.2, 0.25) is 0 Å². The monoisotopic (exact) mass is 1010 g/mol. The van der Waals surface area contributed by atoms with E-state index in [9.17, 15) is 48.3 Å². The smallest absolute Gasteiger partial charge is 0.407 e. The van der Waals surface area contributed by atoms with Gasteiger partial charge in [0.15, 0.2) is 5.60 Å². The van der Waals surface area contributed by atoms with Gasteiger partial charge in [-0.15, -0.1) is 0 Å². The number of benzene rings is 2. The van der Waals surface area contributed by atoms with E-state index in [0.717, 1.165) is 22.6 Å². The fraction of sp³-hybridized carbons (Fsp3) is 0.412. The van der Waals surface area contributed by atoms with E-state index < -0.39 is 88.7 Å². The lowest BCUT2D eigenvalue weighted by Crippen LogP contribution is -2.54. The molecule has 0 saturated carbocycles. The number of amides is 7. The summed E-state index contributed by atoms with van der Waals surface area (Å²) in [6.45, 7) is 7.75. The Morgan fingerprint density at radius 1 is 0.973 bits per heavy atom. The van der Waals surface area contributed by atoms with Crippen molar-refractivity contribution < 1.29 is 57.3 Å². The van der Waals surface area contributed by atoms with Gasteiger partial charge < -0.3 is 51.5 Å². The Morgan fingerprint density at radius 3 is 2.37 bits per heavy atom. The Hall–Kier alpha value is -7.85. The number of rotatable bonds is 17. The highest BCUT2D eigenvalue weighted by Gasteiger charge is 2.46. The Kier molecular flexibility index (Phi) is 14.6. The topological polar surface area (TPSA) is 300 Å². The molecule has 22 heteroatoms. The number of ether oxygens (including phenoxy) is 2. The molecule has 4 aliphatic rings. The molecule has 5 atom stereocenters. The van der Waals surface area contributed by atoms with Crippen molar-refractivity contribution in [3.05, 3.63) is 104 Å². The Balaban J connectivity index is 0.846. The lowest BCUT2D eigenvalue weighted by Gasteiger charge is -2.31. The van der Waals surface area contributed by atoms with Crippen LogP contribution in [0.4, 0.5) is 14.9 Å². The molecule has 73 heavy (non-hydrogen) atoms. The maximum atomic E-state index is 15.4. The highest BCUT2D eigenvalue weighted by molar-refractivity contribution is 6.13. The van der Waals surface area contributed by atoms with E-state index in [2.05, 4.69) is 26.6 Å². The van der Waals surface area contributed by atoms with Gasteiger partial charge in [-0.2, -0.15) is 0 Å². The van der Waals surface area contributed by atoms with Crippen LogP contribution >= 0.6 is 0 Å². The summed E-state index contributed by atoms with van der Waals surface area (Å²) in [5.74, 6) is -4.95. The van der Waals surface area contributed by atoms with Crippen LogP contribution in [0.25, 0.3) is 22.3 Å². The van der Waals surface area contributed by atoms with Gasteiger partial charge in [-0.05, 0) is 85.9 Å². The number of halogens is 1. The number of aryl methyl sites for hydroxylation is 1. The number of aliphatic hydroxyl groups is 1. The van der Waals surface area contributed by atoms with E-state index in [0.29, 0.717) is 63.1 Å². The maximum absolute atomic E-state index is 15.4. The minimum absolute atomic E-state index is 0.0205. The number of fused-ring (bicyclic) bond motifs is 5. The molecule has 384 valence electrons. The predicted molar refractivity (Wildman–Crippen MR) is 259 cm³/mol. The molecule has 8 N–H and O–H groups in total. The second kappa shape index (κ2) is 20.7. The lowest BCUT2D eigenvalue weighted by atomic mass is 9.81. The van der Waals surface area contributed by atoms with E-state index in [1.54, 1.807) is 58.0 Å². The Bertz CT molecular complexity index is 3060. The number of cyclic esters (lactones) is 1. The largest absolute Gasteiger partial charge is 0.458 e. The number of imide groups is 1. The Labute approximate surface area is 417 Å². The zero-order valence-corrected chi connectivity index (χ0v) is 40.8. The minimum atomic E-state index is -2.04. The molecule has 4 aromatic rings. The van der Waals surface area contributed by atoms with Crippen LogP contribution in [0.15, 0.2) is 53.3 Å². The van der Waals surface area contributed by atoms with Crippen LogP contribution in [0.1, 0.15) is 98.4 Å². The third kappa shape index (κ3) is 10.2. The summed E-state index contributed by atoms with van der Waals surface area (Å²) >= 11 is 0. The fourth-order valence-corrected chi connectivity index (χ4v) is 9.61. The number of carbonyl (C=O) groups is 8. The predicted octanol–water partition coefficient (Wildman–Crippen LogP) is 2.17. The average Bonchev–Trinajstić information content (AvgIpc) is 3.90. The Morgan fingerprint density at radius 2 is 1.68 bits per heavy atom. The standard InChI is InChI=1S/C51H56FN9O12/c1-6-51(71)32-19-37-44-30(21-61(37)48(68)31(32)23-72-49(51)69)42-35(13-11-29-25(4)33(52)20-36(57-44)41(29)42)58-50(70)73-22-27-7-9-28(10-8-27)56-45(65)26(5)55-47(67)43(24(2)3)59-38(62)14-12-34(53)46(66)54-17-18-60-39(63)15-16-40(60)64/h7-10,15-16,19-20,24,26,34-35,43,71H,6,11-14,17-18,21-23,53H2,1-5H3,(H,54,66)(H,55,67)(H,56,65)(H,58,70)(H,59,62)/t26-,34-,35-,43-,51-/m0/s1. The summed E-state index contributed by atoms with van der Waals surface area (Å²) in [5, 5.41) is 25.5. The van der Waals surface area contributed by atoms with Gasteiger partial charge in [0.1, 0.15) is 31.1 Å². The van der Waals surface area contributed by atoms with Crippen LogP contribution in [-0.4, -0.2) is 98.3 Å². The summed E-state index contributed by atoms with van der Waals surface area (Å²) in [7, 11) is 0. The number of anilines is 1. The third-order valence-corrected chi connectivity index (χ3v) is 13.8. The molecule has 3 aliphatic heterocycles. The summed E-state index contributed by atoms with van der Waals surface area (Å²) in [5.41, 5.74) is 8.25. The van der Waals surface area contributed by atoms with Crippen LogP contribution in [0.3, 0.4) is 0 Å². The van der Waals surface area contributed by atoms with Gasteiger partial charge in [-0.1, -0.05) is 32.9 Å². The molecule has 2 aromatic carbocycles. The fourth-order valence-electron chi connectivity index (χ4n) is 9.61. The number of carbonyl (C=O) groups excluding carboxylic acids is 8. The molecule has 21 nitrogen and oxygen atoms in total. The highest BCUT2D eigenvalue weighted by atomic mass is 19.1. The van der Waals surface area contributed by atoms with Gasteiger partial charge in [-0.3, -0.25) is 38.5 Å². The molecule has 7 amide bonds. The van der Waals surface area contributed by atoms with Crippen LogP contribution in [-0.2, 0) is 74.8 Å². The number of esters is 1. The van der Waals surface area contributed by atoms with E-state index in [4.69, 9.17) is 20.2 Å². The van der Waals surface area contributed by atoms with Crippen LogP contribution < -0.4 is 37.9 Å². The molecule has 8 rings (SSSR count). The van der Waals surface area contributed by atoms with Crippen LogP contribution in [0, 0.1) is 18.7 Å². The molecule has 0 spiro atoms. The van der Waals surface area contributed by atoms with Gasteiger partial charge in [0.25, 0.3) is 17.4 Å². The number of nitrogens with one attached hydrogen (secondary N) is 5. The van der Waals surface area contributed by atoms with Crippen LogP contribution in [0.5, 0.6) is 0 Å². The van der Waals surface area contributed by atoms with Crippen molar-refractivity contribution in [2.45, 2.75) is 116 Å². The molecular weight excluding hydrogens is 950 g/mol. The molecular formula is C51H56FN9O12. The lowest BCUT2D eigenvalue weighted by molar-refractivity contribution is -0.172. The van der Waals surface area contributed by atoms with Gasteiger partial charge in [0.05, 0.1) is 41.1 Å². The van der Waals surface area contributed by atoms with E-state index in [1.165, 1.54) is 17.6 Å². The quantitative estimate of drug-likeness (QED) is 0.0519. The first-order valence-electron chi connectivity index (χ1n) is 24.0. The first kappa shape index (κ1) is 51.5. The molecule has 0 unspecified atom stereocenters. The SMILES string of the molecule is CC[C@@]1(O)C(=O)OCc2c1cc1n(c2=O)Cc2c-1nc1cc(F)c(C)c3c1c2[C@@H](NC(=O)OCc1ccc(NC(=O)[C@H](C)NC(=O)[C@@H](NC(=O)CC[C@H](N)C(=O)NCCN2C(=O)C=CC2=O)C(C)C)cc1)CC3. The second-order valence-electron chi connectivity index (χ2n) is 18.9. The molecule has 0 fully saturated rings. The van der Waals surface area contributed by atoms with Crippen molar-refractivity contribution >= 4 is 64.1 Å². The summed E-state index contributed by atoms with van der Waals surface area (Å²) < 4.78 is 27.7. The summed E-state index contributed by atoms with van der Waals surface area (Å²) in [6.07, 6.45) is 2.04. The molecule has 5 heterocycles. The second-order valence-corrected chi connectivity index (χ2v) is 18.9. The number of aromatic nitrogens is 2. The number of hydrogen-bond acceptors (Lipinski definition) is 14. The van der Waals surface area contributed by atoms with Gasteiger partial charge in [0.2, 0.25) is 23.6 Å². The molecule has 0 radical (unpaired) electrons. The van der Waals surface area contributed by atoms with Crippen molar-refractivity contribution in [1.82, 2.24) is 35.7 Å². The summed E-state index contributed by atoms with van der Waals surface area (Å²) in [4.78, 5) is 121. The maximum Gasteiger partial charge on any atom is 0.407 e. The highest BCUT2D eigenvalue weighted by Crippen LogP contribution is 2.46. The van der Waals surface area contributed by atoms with E-state index >= 15 is 4.39 Å².